The first-order valence-corrected chi connectivity index (χ1v) is 29.9. The molecule has 418 valence electrons. The monoisotopic (exact) mass is 1170 g/mol. The molecule has 0 spiro atoms. The molecular formula is C58H64Cl3N6O10S2+. The smallest absolute Gasteiger partial charge is 0.294 e. The highest BCUT2D eigenvalue weighted by Gasteiger charge is 2.45. The summed E-state index contributed by atoms with van der Waals surface area (Å²) in [6.45, 7) is 11.7. The predicted octanol–water partition coefficient (Wildman–Crippen LogP) is 12.5. The van der Waals surface area contributed by atoms with Crippen LogP contribution in [-0.2, 0) is 40.7 Å². The van der Waals surface area contributed by atoms with E-state index in [-0.39, 0.29) is 49.2 Å². The lowest BCUT2D eigenvalue weighted by Crippen LogP contribution is -2.28. The van der Waals surface area contributed by atoms with Crippen LogP contribution < -0.4 is 26.2 Å². The molecule has 0 saturated carbocycles. The number of nitrogens with zero attached hydrogens (tertiary/aromatic N) is 2. The van der Waals surface area contributed by atoms with Crippen molar-refractivity contribution in [3.8, 4) is 0 Å². The van der Waals surface area contributed by atoms with Gasteiger partial charge >= 0.3 is 0 Å². The number of rotatable bonds is 23. The second-order valence-electron chi connectivity index (χ2n) is 20.4. The van der Waals surface area contributed by atoms with E-state index in [2.05, 4.69) is 30.7 Å². The van der Waals surface area contributed by atoms with Gasteiger partial charge in [0.1, 0.15) is 6.54 Å². The summed E-state index contributed by atoms with van der Waals surface area (Å²) < 4.78 is 70.4. The highest BCUT2D eigenvalue weighted by molar-refractivity contribution is 7.86. The van der Waals surface area contributed by atoms with Crippen molar-refractivity contribution in [1.29, 1.82) is 0 Å². The Bertz CT molecular complexity index is 3510. The molecular weight excluding hydrogens is 1110 g/mol. The van der Waals surface area contributed by atoms with Gasteiger partial charge in [-0.05, 0) is 149 Å². The lowest BCUT2D eigenvalue weighted by molar-refractivity contribution is -0.438. The average Bonchev–Trinajstić information content (AvgIpc) is 4.01. The summed E-state index contributed by atoms with van der Waals surface area (Å²) in [5.41, 5.74) is 5.43. The number of nitrogens with one attached hydrogen (secondary N) is 4. The van der Waals surface area contributed by atoms with Crippen LogP contribution in [0.2, 0.25) is 15.1 Å². The molecule has 2 heterocycles. The van der Waals surface area contributed by atoms with Gasteiger partial charge in [0.15, 0.2) is 5.71 Å². The number of carbonyl (C=O) groups is 4. The minimum absolute atomic E-state index is 0.0451. The fraction of sp³-hybridized carbons (Fsp3) is 0.328. The molecule has 0 bridgehead atoms. The van der Waals surface area contributed by atoms with Gasteiger partial charge in [-0.1, -0.05) is 67.6 Å². The molecule has 0 unspecified atom stereocenters. The molecule has 0 radical (unpaired) electrons. The Hall–Kier alpha value is -6.38. The van der Waals surface area contributed by atoms with Crippen molar-refractivity contribution in [2.24, 2.45) is 0 Å². The van der Waals surface area contributed by atoms with E-state index < -0.39 is 42.9 Å². The van der Waals surface area contributed by atoms with E-state index in [1.54, 1.807) is 48.5 Å². The second kappa shape index (κ2) is 25.4. The van der Waals surface area contributed by atoms with Crippen molar-refractivity contribution in [1.82, 2.24) is 5.32 Å². The quantitative estimate of drug-likeness (QED) is 0.0205. The summed E-state index contributed by atoms with van der Waals surface area (Å²) in [5.74, 6) is -1.20. The molecule has 6 N–H and O–H groups in total. The van der Waals surface area contributed by atoms with Gasteiger partial charge in [0, 0.05) is 88.9 Å². The molecule has 0 aromatic heterocycles. The van der Waals surface area contributed by atoms with Gasteiger partial charge in [-0.25, -0.2) is 0 Å². The molecule has 79 heavy (non-hydrogen) atoms. The van der Waals surface area contributed by atoms with Crippen molar-refractivity contribution in [3.05, 3.63) is 158 Å². The average molecular weight is 1180 g/mol. The molecule has 2 aliphatic rings. The fourth-order valence-electron chi connectivity index (χ4n) is 9.96. The topological polar surface area (TPSA) is 231 Å². The SMILES string of the molecule is CCN1C(=C/C=C/C2=[N+](CCCCCC(=O)NCCCCCCC(=O)Nc3ccc(Cl)c(C(=O)Nc4ccc(NC(=O)c5cc(Cl)ccc5Cl)cc4)c3)c3ccc(S(=O)(=O)O)cc3C2(C)C)C(C)(C)c2cc(S(=O)(=O)O)ccc21. The Labute approximate surface area is 476 Å². The van der Waals surface area contributed by atoms with Crippen molar-refractivity contribution in [2.75, 3.05) is 40.5 Å². The summed E-state index contributed by atoms with van der Waals surface area (Å²) in [6, 6.07) is 24.9. The summed E-state index contributed by atoms with van der Waals surface area (Å²) >= 11 is 18.5. The van der Waals surface area contributed by atoms with E-state index in [1.165, 1.54) is 48.5 Å². The van der Waals surface area contributed by atoms with Crippen LogP contribution >= 0.6 is 34.8 Å². The Morgan fingerprint density at radius 2 is 1.15 bits per heavy atom. The molecule has 21 heteroatoms. The van der Waals surface area contributed by atoms with Crippen LogP contribution in [0, 0.1) is 0 Å². The van der Waals surface area contributed by atoms with Crippen molar-refractivity contribution in [2.45, 2.75) is 113 Å². The van der Waals surface area contributed by atoms with E-state index in [4.69, 9.17) is 34.8 Å². The van der Waals surface area contributed by atoms with Crippen LogP contribution in [-0.4, -0.2) is 79.5 Å². The van der Waals surface area contributed by atoms with E-state index in [0.29, 0.717) is 61.0 Å². The highest BCUT2D eigenvalue weighted by Crippen LogP contribution is 2.48. The van der Waals surface area contributed by atoms with Crippen molar-refractivity contribution >= 4 is 113 Å². The fourth-order valence-corrected chi connectivity index (χ4v) is 11.6. The van der Waals surface area contributed by atoms with E-state index >= 15 is 0 Å². The van der Waals surface area contributed by atoms with Crippen LogP contribution in [0.1, 0.15) is 124 Å². The van der Waals surface area contributed by atoms with Gasteiger partial charge in [-0.15, -0.1) is 0 Å². The predicted molar refractivity (Wildman–Crippen MR) is 312 cm³/mol. The third-order valence-corrected chi connectivity index (χ3v) is 16.7. The van der Waals surface area contributed by atoms with Gasteiger partial charge < -0.3 is 26.2 Å². The zero-order chi connectivity index (χ0) is 57.5. The Balaban J connectivity index is 0.839. The van der Waals surface area contributed by atoms with Crippen LogP contribution in [0.5, 0.6) is 0 Å². The summed E-state index contributed by atoms with van der Waals surface area (Å²) in [4.78, 5) is 53.3. The Kier molecular flexibility index (Phi) is 19.4. The lowest BCUT2D eigenvalue weighted by atomic mass is 9.81. The maximum atomic E-state index is 13.2. The molecule has 0 fully saturated rings. The maximum absolute atomic E-state index is 13.2. The minimum atomic E-state index is -4.46. The zero-order valence-electron chi connectivity index (χ0n) is 44.5. The molecule has 0 atom stereocenters. The van der Waals surface area contributed by atoms with Crippen LogP contribution in [0.3, 0.4) is 0 Å². The number of anilines is 4. The maximum Gasteiger partial charge on any atom is 0.294 e. The van der Waals surface area contributed by atoms with Gasteiger partial charge in [0.2, 0.25) is 17.5 Å². The zero-order valence-corrected chi connectivity index (χ0v) is 48.4. The number of benzene rings is 5. The van der Waals surface area contributed by atoms with Gasteiger partial charge in [0.25, 0.3) is 32.1 Å². The molecule has 4 amide bonds. The summed E-state index contributed by atoms with van der Waals surface area (Å²) in [7, 11) is -8.87. The number of allylic oxidation sites excluding steroid dienone is 4. The number of halogens is 3. The molecule has 2 aliphatic heterocycles. The van der Waals surface area contributed by atoms with E-state index in [9.17, 15) is 45.1 Å². The van der Waals surface area contributed by atoms with Crippen molar-refractivity contribution < 1.29 is 49.7 Å². The number of carbonyl (C=O) groups excluding carboxylic acids is 4. The highest BCUT2D eigenvalue weighted by atomic mass is 35.5. The summed E-state index contributed by atoms with van der Waals surface area (Å²) in [5, 5.41) is 12.2. The summed E-state index contributed by atoms with van der Waals surface area (Å²) in [6.07, 6.45) is 11.7. The third-order valence-electron chi connectivity index (χ3n) is 14.2. The number of amides is 4. The molecule has 16 nitrogen and oxygen atoms in total. The van der Waals surface area contributed by atoms with Crippen molar-refractivity contribution in [3.63, 3.8) is 0 Å². The Morgan fingerprint density at radius 3 is 1.77 bits per heavy atom. The van der Waals surface area contributed by atoms with Gasteiger partial charge in [-0.3, -0.25) is 28.3 Å². The minimum Gasteiger partial charge on any atom is -0.356 e. The second-order valence-corrected chi connectivity index (χ2v) is 24.5. The molecule has 5 aromatic carbocycles. The molecule has 0 saturated heterocycles. The number of unbranched alkanes of at least 4 members (excludes halogenated alkanes) is 5. The largest absolute Gasteiger partial charge is 0.356 e. The van der Waals surface area contributed by atoms with Crippen LogP contribution in [0.25, 0.3) is 0 Å². The van der Waals surface area contributed by atoms with E-state index in [0.717, 1.165) is 66.0 Å². The molecule has 7 rings (SSSR count). The van der Waals surface area contributed by atoms with E-state index in [1.807, 2.05) is 52.8 Å². The number of hydrogen-bond donors (Lipinski definition) is 6. The molecule has 5 aromatic rings. The Morgan fingerprint density at radius 1 is 0.608 bits per heavy atom. The number of hydrogen-bond acceptors (Lipinski definition) is 9. The first-order valence-electron chi connectivity index (χ1n) is 25.9. The standard InChI is InChI=1S/C58H63Cl3N6O10S2/c1-6-66-49-29-25-41(78(72,73)74)35-45(49)57(2,3)51(66)15-14-16-52-58(4,5)46-36-42(79(75,76)77)26-30-50(46)67(52)32-13-9-11-17-53(68)62-31-12-8-7-10-18-54(69)63-40-24-28-48(61)44(34-40)56(71)65-39-22-20-38(21-23-39)64-55(70)43-33-37(59)19-27-47(43)60/h14-16,19-30,33-36H,6-13,17-18,31-32H2,1-5H3,(H5-,62,63,64,65,68,69,70,71,72,73,74,75,76,77)/p+1. The first kappa shape index (κ1) is 60.3. The van der Waals surface area contributed by atoms with Gasteiger partial charge in [0.05, 0.1) is 36.4 Å². The third kappa shape index (κ3) is 14.7. The van der Waals surface area contributed by atoms with Gasteiger partial charge in [-0.2, -0.15) is 21.4 Å². The number of likely N-dealkylation sites (N-methyl/N-ethyl adjacent to an activating group) is 1. The normalized spacial score (nSPS) is 15.1. The first-order chi connectivity index (χ1) is 37.3. The van der Waals surface area contributed by atoms with Crippen LogP contribution in [0.15, 0.2) is 131 Å². The number of fused-ring (bicyclic) bond motifs is 2. The van der Waals surface area contributed by atoms with Crippen LogP contribution in [0.4, 0.5) is 28.4 Å². The lowest BCUT2D eigenvalue weighted by Gasteiger charge is -2.25. The molecule has 0 aliphatic carbocycles.